The molecule has 1 aromatic heterocycles. The highest BCUT2D eigenvalue weighted by molar-refractivity contribution is 5.82. The van der Waals surface area contributed by atoms with E-state index in [2.05, 4.69) is 21.0 Å². The molecule has 2 aromatic rings. The van der Waals surface area contributed by atoms with Crippen LogP contribution in [0.25, 0.3) is 11.4 Å². The van der Waals surface area contributed by atoms with Crippen molar-refractivity contribution < 1.29 is 18.8 Å². The molecule has 32 heavy (non-hydrogen) atoms. The molecule has 2 N–H and O–H groups in total. The van der Waals surface area contributed by atoms with Crippen molar-refractivity contribution in [2.75, 3.05) is 7.11 Å². The van der Waals surface area contributed by atoms with E-state index < -0.39 is 0 Å². The molecule has 4 fully saturated rings. The maximum atomic E-state index is 12.5. The van der Waals surface area contributed by atoms with E-state index in [0.29, 0.717) is 24.6 Å². The first-order valence-electron chi connectivity index (χ1n) is 11.5. The Bertz CT molecular complexity index is 949. The molecule has 0 aliphatic heterocycles. The number of hydrogen-bond donors (Lipinski definition) is 2. The number of ether oxygens (including phenoxy) is 1. The summed E-state index contributed by atoms with van der Waals surface area (Å²) >= 11 is 0. The fourth-order valence-electron chi connectivity index (χ4n) is 6.53. The van der Waals surface area contributed by atoms with Crippen molar-refractivity contribution in [2.45, 2.75) is 57.8 Å². The molecular formula is C24H30N4O4. The highest BCUT2D eigenvalue weighted by Gasteiger charge is 2.51. The first-order chi connectivity index (χ1) is 15.5. The number of nitrogens with zero attached hydrogens (tertiary/aromatic N) is 2. The van der Waals surface area contributed by atoms with Crippen LogP contribution in [-0.2, 0) is 16.0 Å². The van der Waals surface area contributed by atoms with Crippen molar-refractivity contribution in [2.24, 2.45) is 23.2 Å². The lowest BCUT2D eigenvalue weighted by Crippen LogP contribution is -2.50. The molecule has 0 spiro atoms. The van der Waals surface area contributed by atoms with Gasteiger partial charge in [-0.1, -0.05) is 5.16 Å². The second-order valence-corrected chi connectivity index (χ2v) is 9.93. The minimum absolute atomic E-state index is 0.0834. The highest BCUT2D eigenvalue weighted by atomic mass is 16.5. The van der Waals surface area contributed by atoms with Gasteiger partial charge in [-0.3, -0.25) is 20.4 Å². The zero-order valence-corrected chi connectivity index (χ0v) is 18.4. The van der Waals surface area contributed by atoms with E-state index in [1.165, 1.54) is 38.5 Å². The number of amides is 2. The first-order valence-corrected chi connectivity index (χ1v) is 11.5. The van der Waals surface area contributed by atoms with Crippen molar-refractivity contribution in [3.05, 3.63) is 30.2 Å². The zero-order valence-electron chi connectivity index (χ0n) is 18.4. The van der Waals surface area contributed by atoms with Gasteiger partial charge >= 0.3 is 0 Å². The lowest BCUT2D eigenvalue weighted by molar-refractivity contribution is -0.134. The summed E-state index contributed by atoms with van der Waals surface area (Å²) in [5.74, 6) is 3.66. The fourth-order valence-corrected chi connectivity index (χ4v) is 6.53. The Kier molecular flexibility index (Phi) is 5.61. The summed E-state index contributed by atoms with van der Waals surface area (Å²) < 4.78 is 10.4. The predicted molar refractivity (Wildman–Crippen MR) is 116 cm³/mol. The molecule has 2 amide bonds. The van der Waals surface area contributed by atoms with Gasteiger partial charge in [0.25, 0.3) is 0 Å². The van der Waals surface area contributed by atoms with Gasteiger partial charge < -0.3 is 9.26 Å². The molecule has 1 heterocycles. The number of carbonyl (C=O) groups excluding carboxylic acids is 2. The van der Waals surface area contributed by atoms with Crippen LogP contribution in [-0.4, -0.2) is 29.1 Å². The van der Waals surface area contributed by atoms with Crippen molar-refractivity contribution in [3.63, 3.8) is 0 Å². The zero-order chi connectivity index (χ0) is 22.1. The lowest BCUT2D eigenvalue weighted by atomic mass is 9.49. The Balaban J connectivity index is 1.07. The third kappa shape index (κ3) is 4.49. The SMILES string of the molecule is COc1ccc(-c2noc(CCC(=O)NNC(=O)CC34CC5CC(CC(C5)C3)C4)n2)cc1. The third-order valence-corrected chi connectivity index (χ3v) is 7.42. The van der Waals surface area contributed by atoms with E-state index in [1.54, 1.807) is 7.11 Å². The van der Waals surface area contributed by atoms with Gasteiger partial charge in [0, 0.05) is 24.8 Å². The van der Waals surface area contributed by atoms with Crippen LogP contribution in [0.5, 0.6) is 5.75 Å². The molecule has 170 valence electrons. The summed E-state index contributed by atoms with van der Waals surface area (Å²) in [5, 5.41) is 3.97. The molecule has 4 saturated carbocycles. The smallest absolute Gasteiger partial charge is 0.238 e. The van der Waals surface area contributed by atoms with Crippen LogP contribution in [0.1, 0.15) is 57.3 Å². The summed E-state index contributed by atoms with van der Waals surface area (Å²) in [6.45, 7) is 0. The van der Waals surface area contributed by atoms with Crippen LogP contribution in [0, 0.1) is 23.2 Å². The van der Waals surface area contributed by atoms with Crippen LogP contribution in [0.15, 0.2) is 28.8 Å². The highest BCUT2D eigenvalue weighted by Crippen LogP contribution is 2.61. The minimum Gasteiger partial charge on any atom is -0.497 e. The Morgan fingerprint density at radius 3 is 2.28 bits per heavy atom. The molecule has 8 heteroatoms. The molecule has 0 atom stereocenters. The molecule has 6 rings (SSSR count). The number of aryl methyl sites for hydroxylation is 1. The lowest BCUT2D eigenvalue weighted by Gasteiger charge is -2.56. The van der Waals surface area contributed by atoms with E-state index in [9.17, 15) is 9.59 Å². The molecule has 1 aromatic carbocycles. The summed E-state index contributed by atoms with van der Waals surface area (Å²) in [6, 6.07) is 7.34. The standard InChI is InChI=1S/C24H30N4O4/c1-31-19-4-2-18(3-5-19)23-25-22(32-28-23)7-6-20(29)26-27-21(30)14-24-11-15-8-16(12-24)10-17(9-15)13-24/h2-5,15-17H,6-14H2,1H3,(H,26,29)(H,27,30). The number of aromatic nitrogens is 2. The number of rotatable bonds is 7. The van der Waals surface area contributed by atoms with Gasteiger partial charge in [0.2, 0.25) is 23.5 Å². The van der Waals surface area contributed by atoms with Crippen LogP contribution < -0.4 is 15.6 Å². The average Bonchev–Trinajstić information content (AvgIpc) is 3.24. The minimum atomic E-state index is -0.270. The number of hydrogen-bond acceptors (Lipinski definition) is 6. The third-order valence-electron chi connectivity index (χ3n) is 7.42. The maximum Gasteiger partial charge on any atom is 0.238 e. The summed E-state index contributed by atoms with van der Waals surface area (Å²) in [5.41, 5.74) is 6.13. The van der Waals surface area contributed by atoms with Gasteiger partial charge in [-0.25, -0.2) is 0 Å². The van der Waals surface area contributed by atoms with Gasteiger partial charge in [0.1, 0.15) is 5.75 Å². The first kappa shape index (κ1) is 21.0. The van der Waals surface area contributed by atoms with Crippen LogP contribution in [0.4, 0.5) is 0 Å². The monoisotopic (exact) mass is 438 g/mol. The predicted octanol–water partition coefficient (Wildman–Crippen LogP) is 3.43. The summed E-state index contributed by atoms with van der Waals surface area (Å²) in [6.07, 6.45) is 8.57. The number of nitrogens with one attached hydrogen (secondary N) is 2. The largest absolute Gasteiger partial charge is 0.497 e. The number of methoxy groups -OCH3 is 1. The van der Waals surface area contributed by atoms with Crippen molar-refractivity contribution in [3.8, 4) is 17.1 Å². The molecule has 8 nitrogen and oxygen atoms in total. The summed E-state index contributed by atoms with van der Waals surface area (Å²) in [7, 11) is 1.61. The van der Waals surface area contributed by atoms with E-state index in [4.69, 9.17) is 9.26 Å². The summed E-state index contributed by atoms with van der Waals surface area (Å²) in [4.78, 5) is 29.1. The van der Waals surface area contributed by atoms with Crippen LogP contribution >= 0.6 is 0 Å². The molecule has 4 aliphatic rings. The molecule has 4 bridgehead atoms. The van der Waals surface area contributed by atoms with Crippen molar-refractivity contribution >= 4 is 11.8 Å². The van der Waals surface area contributed by atoms with Gasteiger partial charge in [-0.15, -0.1) is 0 Å². The molecular weight excluding hydrogens is 408 g/mol. The Morgan fingerprint density at radius 2 is 1.66 bits per heavy atom. The van der Waals surface area contributed by atoms with E-state index in [-0.39, 0.29) is 23.7 Å². The molecule has 0 unspecified atom stereocenters. The molecule has 0 saturated heterocycles. The quantitative estimate of drug-likeness (QED) is 0.642. The van der Waals surface area contributed by atoms with E-state index in [0.717, 1.165) is 29.1 Å². The average molecular weight is 439 g/mol. The second-order valence-electron chi connectivity index (χ2n) is 9.93. The van der Waals surface area contributed by atoms with E-state index in [1.807, 2.05) is 24.3 Å². The van der Waals surface area contributed by atoms with E-state index >= 15 is 0 Å². The normalized spacial score (nSPS) is 27.8. The maximum absolute atomic E-state index is 12.5. The van der Waals surface area contributed by atoms with Crippen LogP contribution in [0.2, 0.25) is 0 Å². The number of carbonyl (C=O) groups is 2. The molecule has 4 aliphatic carbocycles. The van der Waals surface area contributed by atoms with Gasteiger partial charge in [0.05, 0.1) is 7.11 Å². The van der Waals surface area contributed by atoms with Crippen molar-refractivity contribution in [1.29, 1.82) is 0 Å². The van der Waals surface area contributed by atoms with Crippen LogP contribution in [0.3, 0.4) is 0 Å². The fraction of sp³-hybridized carbons (Fsp3) is 0.583. The Hall–Kier alpha value is -2.90. The second kappa shape index (κ2) is 8.56. The van der Waals surface area contributed by atoms with Gasteiger partial charge in [0.15, 0.2) is 0 Å². The number of hydrazine groups is 1. The van der Waals surface area contributed by atoms with Gasteiger partial charge in [-0.2, -0.15) is 4.98 Å². The topological polar surface area (TPSA) is 106 Å². The number of benzene rings is 1. The molecule has 0 radical (unpaired) electrons. The Labute approximate surface area is 187 Å². The van der Waals surface area contributed by atoms with Gasteiger partial charge in [-0.05, 0) is 86.0 Å². The Morgan fingerprint density at radius 1 is 1.03 bits per heavy atom. The van der Waals surface area contributed by atoms with Crippen molar-refractivity contribution in [1.82, 2.24) is 21.0 Å².